The number of hydrogen-bond donors (Lipinski definition) is 0. The summed E-state index contributed by atoms with van der Waals surface area (Å²) in [5, 5.41) is 23.5. The van der Waals surface area contributed by atoms with Crippen LogP contribution in [0.4, 0.5) is 0 Å². The number of aryl methyl sites for hydroxylation is 2. The van der Waals surface area contributed by atoms with Gasteiger partial charge in [-0.05, 0) is 18.6 Å². The zero-order chi connectivity index (χ0) is 24.6. The van der Waals surface area contributed by atoms with Gasteiger partial charge in [0.25, 0.3) is 5.56 Å². The van der Waals surface area contributed by atoms with Crippen LogP contribution >= 0.6 is 11.3 Å². The molecule has 0 bridgehead atoms. The standard InChI is InChI=1S/C24H19N7O2S/c1-5-14(2)20(15(3)10-26)19-9-17-22(34-19)23(32)31(24(33)30(17)8-6-7-25)18-13-27-11-16-12-28-29(4)21(16)18/h5,9,11-13H,1,3,6,8H2,2,4H3/b20-14+. The second-order valence-electron chi connectivity index (χ2n) is 7.53. The average Bonchev–Trinajstić information content (AvgIpc) is 3.43. The summed E-state index contributed by atoms with van der Waals surface area (Å²) in [6.45, 7) is 9.50. The van der Waals surface area contributed by atoms with Crippen molar-refractivity contribution in [3.63, 3.8) is 0 Å². The predicted octanol–water partition coefficient (Wildman–Crippen LogP) is 3.45. The number of nitriles is 2. The van der Waals surface area contributed by atoms with Crippen LogP contribution < -0.4 is 11.2 Å². The van der Waals surface area contributed by atoms with E-state index in [1.165, 1.54) is 10.8 Å². The normalized spacial score (nSPS) is 11.8. The molecule has 4 heterocycles. The van der Waals surface area contributed by atoms with Gasteiger partial charge in [-0.1, -0.05) is 19.2 Å². The van der Waals surface area contributed by atoms with Gasteiger partial charge < -0.3 is 0 Å². The Kier molecular flexibility index (Phi) is 5.84. The number of aromatic nitrogens is 5. The van der Waals surface area contributed by atoms with Crippen molar-refractivity contribution in [1.82, 2.24) is 23.9 Å². The summed E-state index contributed by atoms with van der Waals surface area (Å²) in [6.07, 6.45) is 6.35. The van der Waals surface area contributed by atoms with E-state index >= 15 is 0 Å². The molecule has 0 radical (unpaired) electrons. The molecule has 0 aromatic carbocycles. The van der Waals surface area contributed by atoms with Crippen molar-refractivity contribution < 1.29 is 0 Å². The number of hydrogen-bond acceptors (Lipinski definition) is 7. The lowest BCUT2D eigenvalue weighted by molar-refractivity contribution is 0.662. The Morgan fingerprint density at radius 2 is 2.03 bits per heavy atom. The van der Waals surface area contributed by atoms with E-state index in [0.717, 1.165) is 15.9 Å². The van der Waals surface area contributed by atoms with Crippen LogP contribution in [0.3, 0.4) is 0 Å². The summed E-state index contributed by atoms with van der Waals surface area (Å²) < 4.78 is 4.37. The molecule has 168 valence electrons. The summed E-state index contributed by atoms with van der Waals surface area (Å²) in [5.41, 5.74) is 1.67. The molecule has 4 aromatic rings. The van der Waals surface area contributed by atoms with Gasteiger partial charge in [0.05, 0.1) is 53.2 Å². The van der Waals surface area contributed by atoms with Gasteiger partial charge in [-0.25, -0.2) is 9.36 Å². The van der Waals surface area contributed by atoms with E-state index in [9.17, 15) is 14.9 Å². The molecule has 10 heteroatoms. The Labute approximate surface area is 198 Å². The second kappa shape index (κ2) is 8.77. The van der Waals surface area contributed by atoms with Gasteiger partial charge in [-0.2, -0.15) is 15.6 Å². The van der Waals surface area contributed by atoms with Crippen molar-refractivity contribution in [3.8, 4) is 17.8 Å². The third-order valence-corrected chi connectivity index (χ3v) is 6.64. The van der Waals surface area contributed by atoms with E-state index in [1.807, 2.05) is 0 Å². The van der Waals surface area contributed by atoms with Crippen LogP contribution in [-0.2, 0) is 13.6 Å². The molecule has 9 nitrogen and oxygen atoms in total. The van der Waals surface area contributed by atoms with Crippen LogP contribution in [-0.4, -0.2) is 23.9 Å². The first-order valence-electron chi connectivity index (χ1n) is 10.2. The Hall–Kier alpha value is -4.54. The molecule has 0 N–H and O–H groups in total. The lowest BCUT2D eigenvalue weighted by Crippen LogP contribution is -2.38. The van der Waals surface area contributed by atoms with Crippen LogP contribution in [0, 0.1) is 22.7 Å². The molecule has 0 amide bonds. The fourth-order valence-electron chi connectivity index (χ4n) is 3.88. The molecule has 0 saturated heterocycles. The molecule has 34 heavy (non-hydrogen) atoms. The minimum absolute atomic E-state index is 0.0752. The Morgan fingerprint density at radius 1 is 1.26 bits per heavy atom. The van der Waals surface area contributed by atoms with Crippen LogP contribution in [0.15, 0.2) is 64.6 Å². The van der Waals surface area contributed by atoms with Crippen molar-refractivity contribution in [2.24, 2.45) is 7.05 Å². The fourth-order valence-corrected chi connectivity index (χ4v) is 5.10. The number of allylic oxidation sites excluding steroid dienone is 4. The van der Waals surface area contributed by atoms with Crippen LogP contribution in [0.5, 0.6) is 0 Å². The summed E-state index contributed by atoms with van der Waals surface area (Å²) in [4.78, 5) is 32.1. The first kappa shape index (κ1) is 22.6. The van der Waals surface area contributed by atoms with E-state index in [-0.39, 0.29) is 18.5 Å². The number of nitrogens with zero attached hydrogens (tertiary/aromatic N) is 7. The van der Waals surface area contributed by atoms with Crippen LogP contribution in [0.1, 0.15) is 18.2 Å². The largest absolute Gasteiger partial charge is 0.336 e. The molecular formula is C24H19N7O2S. The molecule has 0 unspecified atom stereocenters. The Morgan fingerprint density at radius 3 is 2.71 bits per heavy atom. The van der Waals surface area contributed by atoms with Crippen molar-refractivity contribution in [2.45, 2.75) is 19.9 Å². The molecule has 0 saturated carbocycles. The van der Waals surface area contributed by atoms with Gasteiger partial charge in [0.1, 0.15) is 4.70 Å². The van der Waals surface area contributed by atoms with Crippen molar-refractivity contribution in [2.75, 3.05) is 0 Å². The molecule has 0 aliphatic carbocycles. The van der Waals surface area contributed by atoms with Gasteiger partial charge in [-0.3, -0.25) is 19.0 Å². The predicted molar refractivity (Wildman–Crippen MR) is 132 cm³/mol. The highest BCUT2D eigenvalue weighted by molar-refractivity contribution is 7.20. The maximum absolute atomic E-state index is 13.7. The first-order chi connectivity index (χ1) is 16.3. The van der Waals surface area contributed by atoms with Crippen LogP contribution in [0.2, 0.25) is 0 Å². The SMILES string of the molecule is C=C/C(C)=C(\C(=C)C#N)c1cc2c(s1)c(=O)n(-c1cncc3cnn(C)c13)c(=O)n2CCC#N. The van der Waals surface area contributed by atoms with Gasteiger partial charge >= 0.3 is 5.69 Å². The lowest BCUT2D eigenvalue weighted by Gasteiger charge is -2.12. The molecule has 0 fully saturated rings. The monoisotopic (exact) mass is 469 g/mol. The lowest BCUT2D eigenvalue weighted by atomic mass is 10.0. The number of thiophene rings is 1. The fraction of sp³-hybridized carbons (Fsp3) is 0.167. The summed E-state index contributed by atoms with van der Waals surface area (Å²) >= 11 is 1.16. The van der Waals surface area contributed by atoms with Crippen LogP contribution in [0.25, 0.3) is 32.4 Å². The maximum atomic E-state index is 13.7. The van der Waals surface area contributed by atoms with E-state index in [1.54, 1.807) is 43.2 Å². The molecule has 0 aliphatic heterocycles. The number of fused-ring (bicyclic) bond motifs is 2. The highest BCUT2D eigenvalue weighted by atomic mass is 32.1. The minimum atomic E-state index is -0.585. The highest BCUT2D eigenvalue weighted by Gasteiger charge is 2.22. The number of pyridine rings is 1. The summed E-state index contributed by atoms with van der Waals surface area (Å²) in [5.74, 6) is 0. The minimum Gasteiger partial charge on any atom is -0.291 e. The topological polar surface area (TPSA) is 122 Å². The zero-order valence-electron chi connectivity index (χ0n) is 18.6. The number of rotatable bonds is 6. The smallest absolute Gasteiger partial charge is 0.291 e. The van der Waals surface area contributed by atoms with E-state index in [2.05, 4.69) is 35.4 Å². The maximum Gasteiger partial charge on any atom is 0.336 e. The molecule has 4 rings (SSSR count). The molecule has 0 atom stereocenters. The quantitative estimate of drug-likeness (QED) is 0.315. The molecular weight excluding hydrogens is 450 g/mol. The first-order valence-corrected chi connectivity index (χ1v) is 11.0. The van der Waals surface area contributed by atoms with Gasteiger partial charge in [0, 0.05) is 35.6 Å². The zero-order valence-corrected chi connectivity index (χ0v) is 19.4. The van der Waals surface area contributed by atoms with Crippen molar-refractivity contribution >= 4 is 38.0 Å². The third-order valence-electron chi connectivity index (χ3n) is 5.51. The Bertz CT molecular complexity index is 1730. The molecule has 0 aliphatic rings. The summed E-state index contributed by atoms with van der Waals surface area (Å²) in [6, 6.07) is 5.80. The highest BCUT2D eigenvalue weighted by Crippen LogP contribution is 2.34. The van der Waals surface area contributed by atoms with E-state index < -0.39 is 11.2 Å². The van der Waals surface area contributed by atoms with E-state index in [4.69, 9.17) is 5.26 Å². The van der Waals surface area contributed by atoms with E-state index in [0.29, 0.717) is 42.8 Å². The Balaban J connectivity index is 2.14. The van der Waals surface area contributed by atoms with Gasteiger partial charge in [-0.15, -0.1) is 11.3 Å². The molecule has 0 spiro atoms. The average molecular weight is 470 g/mol. The second-order valence-corrected chi connectivity index (χ2v) is 8.58. The summed E-state index contributed by atoms with van der Waals surface area (Å²) in [7, 11) is 1.72. The van der Waals surface area contributed by atoms with Gasteiger partial charge in [0.15, 0.2) is 0 Å². The third kappa shape index (κ3) is 3.47. The van der Waals surface area contributed by atoms with Crippen molar-refractivity contribution in [3.05, 3.63) is 80.8 Å². The van der Waals surface area contributed by atoms with Crippen molar-refractivity contribution in [1.29, 1.82) is 10.5 Å². The van der Waals surface area contributed by atoms with Gasteiger partial charge in [0.2, 0.25) is 0 Å². The molecule has 4 aromatic heterocycles.